The molecule has 0 fully saturated rings. The molecule has 1 amide bonds. The van der Waals surface area contributed by atoms with E-state index >= 15 is 0 Å². The minimum atomic E-state index is -0.473. The van der Waals surface area contributed by atoms with Crippen molar-refractivity contribution in [3.05, 3.63) is 112 Å². The predicted octanol–water partition coefficient (Wildman–Crippen LogP) is 7.27. The van der Waals surface area contributed by atoms with Crippen LogP contribution in [0.3, 0.4) is 0 Å². The molecule has 0 saturated carbocycles. The molecule has 0 aliphatic rings. The van der Waals surface area contributed by atoms with Crippen molar-refractivity contribution in [3.63, 3.8) is 0 Å². The maximum absolute atomic E-state index is 12.7. The highest BCUT2D eigenvalue weighted by Crippen LogP contribution is 2.26. The van der Waals surface area contributed by atoms with E-state index in [0.29, 0.717) is 10.7 Å². The summed E-state index contributed by atoms with van der Waals surface area (Å²) in [6, 6.07) is 27.8. The van der Waals surface area contributed by atoms with Gasteiger partial charge in [-0.25, -0.2) is 0 Å². The smallest absolute Gasteiger partial charge is 0.266 e. The zero-order valence-electron chi connectivity index (χ0n) is 19.3. The highest BCUT2D eigenvalue weighted by atomic mass is 35.5. The van der Waals surface area contributed by atoms with Crippen LogP contribution in [0.2, 0.25) is 5.02 Å². The number of carbonyl (C=O) groups is 1. The molecular formula is C29H24ClN3O. The number of nitrogens with zero attached hydrogens (tertiary/aromatic N) is 2. The highest BCUT2D eigenvalue weighted by Gasteiger charge is 2.14. The molecule has 0 saturated heterocycles. The van der Waals surface area contributed by atoms with Crippen molar-refractivity contribution in [3.8, 4) is 22.9 Å². The van der Waals surface area contributed by atoms with Crippen LogP contribution in [-0.4, -0.2) is 10.5 Å². The molecule has 4 rings (SSSR count). The van der Waals surface area contributed by atoms with Crippen molar-refractivity contribution >= 4 is 29.3 Å². The molecule has 0 aliphatic carbocycles. The highest BCUT2D eigenvalue weighted by molar-refractivity contribution is 6.31. The van der Waals surface area contributed by atoms with Gasteiger partial charge < -0.3 is 9.88 Å². The molecule has 0 aliphatic heterocycles. The van der Waals surface area contributed by atoms with E-state index in [1.807, 2.05) is 57.2 Å². The van der Waals surface area contributed by atoms with Crippen LogP contribution in [0.1, 0.15) is 22.5 Å². The number of hydrogen-bond acceptors (Lipinski definition) is 2. The van der Waals surface area contributed by atoms with Crippen molar-refractivity contribution in [2.45, 2.75) is 20.8 Å². The summed E-state index contributed by atoms with van der Waals surface area (Å²) in [6.07, 6.45) is 1.63. The van der Waals surface area contributed by atoms with Crippen LogP contribution in [-0.2, 0) is 4.79 Å². The van der Waals surface area contributed by atoms with Crippen molar-refractivity contribution < 1.29 is 4.79 Å². The number of amides is 1. The number of rotatable bonds is 5. The third-order valence-electron chi connectivity index (χ3n) is 5.80. The average Bonchev–Trinajstić information content (AvgIpc) is 3.13. The van der Waals surface area contributed by atoms with E-state index in [-0.39, 0.29) is 5.57 Å². The number of aryl methyl sites for hydroxylation is 2. The molecule has 5 heteroatoms. The van der Waals surface area contributed by atoms with Gasteiger partial charge in [-0.1, -0.05) is 60.1 Å². The molecule has 0 radical (unpaired) electrons. The maximum Gasteiger partial charge on any atom is 0.266 e. The molecule has 3 aromatic carbocycles. The minimum absolute atomic E-state index is 0.0244. The Morgan fingerprint density at radius 1 is 0.941 bits per heavy atom. The van der Waals surface area contributed by atoms with Crippen molar-refractivity contribution in [1.82, 2.24) is 4.57 Å². The van der Waals surface area contributed by atoms with Gasteiger partial charge in [0, 0.05) is 27.8 Å². The van der Waals surface area contributed by atoms with Crippen LogP contribution in [0.15, 0.2) is 84.4 Å². The quantitative estimate of drug-likeness (QED) is 0.249. The Morgan fingerprint density at radius 3 is 2.26 bits per heavy atom. The zero-order chi connectivity index (χ0) is 24.2. The van der Waals surface area contributed by atoms with E-state index in [4.69, 9.17) is 11.6 Å². The SMILES string of the molecule is Cc1ccc(NC(=O)/C(C#N)=C/c2cc(C)n(-c3ccc(-c4ccccc4)cc3)c2C)cc1Cl. The maximum atomic E-state index is 12.7. The Kier molecular flexibility index (Phi) is 6.67. The summed E-state index contributed by atoms with van der Waals surface area (Å²) in [7, 11) is 0. The largest absolute Gasteiger partial charge is 0.321 e. The van der Waals surface area contributed by atoms with E-state index in [1.165, 1.54) is 0 Å². The van der Waals surface area contributed by atoms with Crippen molar-refractivity contribution in [2.75, 3.05) is 5.32 Å². The Morgan fingerprint density at radius 2 is 1.62 bits per heavy atom. The summed E-state index contributed by atoms with van der Waals surface area (Å²) in [5, 5.41) is 13.0. The van der Waals surface area contributed by atoms with Gasteiger partial charge >= 0.3 is 0 Å². The number of hydrogen-bond donors (Lipinski definition) is 1. The molecule has 168 valence electrons. The molecule has 4 aromatic rings. The van der Waals surface area contributed by atoms with E-state index in [9.17, 15) is 10.1 Å². The topological polar surface area (TPSA) is 57.8 Å². The molecule has 1 aromatic heterocycles. The first-order valence-electron chi connectivity index (χ1n) is 10.9. The number of aromatic nitrogens is 1. The Balaban J connectivity index is 1.61. The van der Waals surface area contributed by atoms with E-state index < -0.39 is 5.91 Å². The lowest BCUT2D eigenvalue weighted by Gasteiger charge is -2.11. The number of nitriles is 1. The summed E-state index contributed by atoms with van der Waals surface area (Å²) in [5.74, 6) is -0.473. The molecular weight excluding hydrogens is 442 g/mol. The van der Waals surface area contributed by atoms with Crippen LogP contribution in [0.25, 0.3) is 22.9 Å². The Hall–Kier alpha value is -4.07. The lowest BCUT2D eigenvalue weighted by Crippen LogP contribution is -2.13. The first-order chi connectivity index (χ1) is 16.4. The van der Waals surface area contributed by atoms with Crippen LogP contribution < -0.4 is 5.32 Å². The van der Waals surface area contributed by atoms with Crippen molar-refractivity contribution in [1.29, 1.82) is 5.26 Å². The van der Waals surface area contributed by atoms with Crippen LogP contribution in [0.5, 0.6) is 0 Å². The number of halogens is 1. The first kappa shape index (κ1) is 23.1. The molecule has 0 bridgehead atoms. The van der Waals surface area contributed by atoms with Gasteiger partial charge in [0.15, 0.2) is 0 Å². The number of anilines is 1. The summed E-state index contributed by atoms with van der Waals surface area (Å²) in [6.45, 7) is 5.88. The number of nitrogens with one attached hydrogen (secondary N) is 1. The van der Waals surface area contributed by atoms with E-state index in [0.717, 1.165) is 39.3 Å². The second-order valence-electron chi connectivity index (χ2n) is 8.16. The lowest BCUT2D eigenvalue weighted by atomic mass is 10.1. The molecule has 0 unspecified atom stereocenters. The summed E-state index contributed by atoms with van der Waals surface area (Å²) >= 11 is 6.15. The van der Waals surface area contributed by atoms with E-state index in [1.54, 1.807) is 18.2 Å². The standard InChI is InChI=1S/C29H24ClN3O/c1-19-9-12-26(17-28(19)30)32-29(34)25(18-31)16-24-15-20(2)33(21(24)3)27-13-10-23(11-14-27)22-7-5-4-6-8-22/h4-17H,1-3H3,(H,32,34)/b25-16+. The monoisotopic (exact) mass is 465 g/mol. The van der Waals surface area contributed by atoms with E-state index in [2.05, 4.69) is 46.3 Å². The number of carbonyl (C=O) groups excluding carboxylic acids is 1. The van der Waals surface area contributed by atoms with Gasteiger partial charge in [0.1, 0.15) is 11.6 Å². The second-order valence-corrected chi connectivity index (χ2v) is 8.57. The lowest BCUT2D eigenvalue weighted by molar-refractivity contribution is -0.112. The van der Waals surface area contributed by atoms with Gasteiger partial charge in [0.2, 0.25) is 0 Å². The van der Waals surface area contributed by atoms with Gasteiger partial charge in [0.05, 0.1) is 0 Å². The fourth-order valence-corrected chi connectivity index (χ4v) is 4.12. The summed E-state index contributed by atoms with van der Waals surface area (Å²) < 4.78 is 2.12. The number of benzene rings is 3. The molecule has 0 spiro atoms. The summed E-state index contributed by atoms with van der Waals surface area (Å²) in [4.78, 5) is 12.7. The molecule has 4 nitrogen and oxygen atoms in total. The van der Waals surface area contributed by atoms with Crippen LogP contribution >= 0.6 is 11.6 Å². The van der Waals surface area contributed by atoms with Gasteiger partial charge in [-0.15, -0.1) is 0 Å². The fraction of sp³-hybridized carbons (Fsp3) is 0.103. The van der Waals surface area contributed by atoms with Gasteiger partial charge in [0.25, 0.3) is 5.91 Å². The Bertz CT molecular complexity index is 1420. The van der Waals surface area contributed by atoms with Crippen LogP contribution in [0.4, 0.5) is 5.69 Å². The van der Waals surface area contributed by atoms with Crippen molar-refractivity contribution in [2.24, 2.45) is 0 Å². The normalized spacial score (nSPS) is 11.2. The molecule has 34 heavy (non-hydrogen) atoms. The third kappa shape index (κ3) is 4.80. The molecule has 0 atom stereocenters. The van der Waals surface area contributed by atoms with Crippen LogP contribution in [0, 0.1) is 32.1 Å². The predicted molar refractivity (Wildman–Crippen MR) is 139 cm³/mol. The summed E-state index contributed by atoms with van der Waals surface area (Å²) in [5.41, 5.74) is 7.60. The Labute approximate surface area is 204 Å². The average molecular weight is 466 g/mol. The minimum Gasteiger partial charge on any atom is -0.321 e. The van der Waals surface area contributed by atoms with Gasteiger partial charge in [-0.05, 0) is 79.4 Å². The molecule has 1 heterocycles. The molecule has 1 N–H and O–H groups in total. The van der Waals surface area contributed by atoms with Gasteiger partial charge in [-0.2, -0.15) is 5.26 Å². The van der Waals surface area contributed by atoms with Gasteiger partial charge in [-0.3, -0.25) is 4.79 Å². The first-order valence-corrected chi connectivity index (χ1v) is 11.3. The fourth-order valence-electron chi connectivity index (χ4n) is 3.94. The zero-order valence-corrected chi connectivity index (χ0v) is 20.0. The second kappa shape index (κ2) is 9.82. The third-order valence-corrected chi connectivity index (χ3v) is 6.20.